The lowest BCUT2D eigenvalue weighted by atomic mass is 9.77. The fourth-order valence-corrected chi connectivity index (χ4v) is 6.12. The molecule has 0 saturated heterocycles. The first-order valence-corrected chi connectivity index (χ1v) is 14.9. The Kier molecular flexibility index (Phi) is 7.63. The van der Waals surface area contributed by atoms with Crippen LogP contribution in [-0.2, 0) is 10.3 Å². The van der Waals surface area contributed by atoms with E-state index in [0.717, 1.165) is 52.3 Å². The first kappa shape index (κ1) is 27.2. The van der Waals surface area contributed by atoms with E-state index in [1.54, 1.807) is 0 Å². The number of esters is 1. The van der Waals surface area contributed by atoms with Crippen LogP contribution in [0, 0.1) is 6.92 Å². The maximum atomic E-state index is 13.3. The Morgan fingerprint density at radius 3 is 2.39 bits per heavy atom. The van der Waals surface area contributed by atoms with Crippen molar-refractivity contribution in [3.63, 3.8) is 0 Å². The number of rotatable bonds is 10. The molecule has 4 aromatic carbocycles. The summed E-state index contributed by atoms with van der Waals surface area (Å²) in [6.45, 7) is 5.24. The zero-order valence-corrected chi connectivity index (χ0v) is 24.3. The summed E-state index contributed by atoms with van der Waals surface area (Å²) in [6, 6.07) is 25.3. The van der Waals surface area contributed by atoms with E-state index in [1.165, 1.54) is 32.1 Å². The Labute approximate surface area is 246 Å². The second kappa shape index (κ2) is 11.5. The monoisotopic (exact) mass is 566 g/mol. The number of aryl methyl sites for hydroxylation is 1. The molecule has 41 heavy (non-hydrogen) atoms. The van der Waals surface area contributed by atoms with Crippen molar-refractivity contribution in [1.82, 2.24) is 0 Å². The molecule has 2 aliphatic rings. The number of benzene rings is 4. The van der Waals surface area contributed by atoms with E-state index in [2.05, 4.69) is 36.6 Å². The van der Waals surface area contributed by atoms with Gasteiger partial charge in [0.05, 0.1) is 16.3 Å². The number of nitrogens with one attached hydrogen (secondary N) is 2. The van der Waals surface area contributed by atoms with Crippen LogP contribution in [0.15, 0.2) is 78.9 Å². The lowest BCUT2D eigenvalue weighted by Gasteiger charge is -2.37. The molecule has 0 bridgehead atoms. The smallest absolute Gasteiger partial charge is 0.340 e. The van der Waals surface area contributed by atoms with Gasteiger partial charge < -0.3 is 20.1 Å². The molecular formula is C35H35ClN2O3. The highest BCUT2D eigenvalue weighted by atomic mass is 35.5. The third kappa shape index (κ3) is 5.04. The minimum absolute atomic E-state index is 0.341. The van der Waals surface area contributed by atoms with Crippen molar-refractivity contribution < 1.29 is 14.3 Å². The molecule has 2 N–H and O–H groups in total. The molecule has 1 spiro atoms. The van der Waals surface area contributed by atoms with Crippen LogP contribution in [0.1, 0.15) is 78.1 Å². The van der Waals surface area contributed by atoms with E-state index in [4.69, 9.17) is 21.1 Å². The predicted molar refractivity (Wildman–Crippen MR) is 166 cm³/mol. The fraction of sp³-hybridized carbons (Fsp3) is 0.286. The van der Waals surface area contributed by atoms with Crippen molar-refractivity contribution in [2.75, 3.05) is 17.2 Å². The molecule has 0 aliphatic carbocycles. The highest BCUT2D eigenvalue weighted by Gasteiger charge is 2.53. The summed E-state index contributed by atoms with van der Waals surface area (Å²) in [5, 5.41) is 7.65. The number of para-hydroxylation sites is 1. The van der Waals surface area contributed by atoms with Crippen LogP contribution >= 0.6 is 11.6 Å². The van der Waals surface area contributed by atoms with Crippen molar-refractivity contribution >= 4 is 34.6 Å². The minimum atomic E-state index is -1.13. The Hall–Kier alpha value is -3.96. The number of anilines is 3. The zero-order chi connectivity index (χ0) is 28.4. The summed E-state index contributed by atoms with van der Waals surface area (Å²) >= 11 is 6.43. The van der Waals surface area contributed by atoms with Crippen LogP contribution in [0.5, 0.6) is 11.5 Å². The first-order chi connectivity index (χ1) is 20.0. The number of carbonyl (C=O) groups is 1. The molecule has 1 atom stereocenters. The van der Waals surface area contributed by atoms with Gasteiger partial charge in [-0.15, -0.1) is 0 Å². The maximum absolute atomic E-state index is 13.3. The molecular weight excluding hydrogens is 532 g/mol. The van der Waals surface area contributed by atoms with Crippen molar-refractivity contribution in [3.05, 3.63) is 112 Å². The lowest BCUT2D eigenvalue weighted by molar-refractivity contribution is 0.0224. The van der Waals surface area contributed by atoms with Gasteiger partial charge in [-0.1, -0.05) is 81.0 Å². The molecule has 5 nitrogen and oxygen atoms in total. The van der Waals surface area contributed by atoms with E-state index in [9.17, 15) is 4.79 Å². The van der Waals surface area contributed by atoms with Gasteiger partial charge in [-0.3, -0.25) is 0 Å². The number of hydrogen-bond acceptors (Lipinski definition) is 5. The van der Waals surface area contributed by atoms with Gasteiger partial charge >= 0.3 is 5.97 Å². The number of hydrogen-bond donors (Lipinski definition) is 2. The second-order valence-electron chi connectivity index (χ2n) is 10.9. The van der Waals surface area contributed by atoms with Crippen molar-refractivity contribution in [2.24, 2.45) is 0 Å². The minimum Gasteiger partial charge on any atom is -0.456 e. The second-order valence-corrected chi connectivity index (χ2v) is 11.3. The van der Waals surface area contributed by atoms with Gasteiger partial charge in [-0.25, -0.2) is 4.79 Å². The standard InChI is InChI=1S/C35H35ClN2O3/c1-3-4-5-6-7-12-19-37-31-22-33-27(20-23(31)2)35(26-14-9-8-13-25(26)34(39)41-35)28-21-24(17-18-32(28)40-33)38-30-16-11-10-15-29(30)36/h8-11,13-18,20-22,37-38H,3-7,12,19H2,1-2H3. The van der Waals surface area contributed by atoms with E-state index < -0.39 is 5.60 Å². The van der Waals surface area contributed by atoms with Gasteiger partial charge in [-0.2, -0.15) is 0 Å². The van der Waals surface area contributed by atoms with E-state index in [-0.39, 0.29) is 5.97 Å². The van der Waals surface area contributed by atoms with Crippen molar-refractivity contribution in [2.45, 2.75) is 58.0 Å². The molecule has 210 valence electrons. The largest absolute Gasteiger partial charge is 0.456 e. The molecule has 0 amide bonds. The predicted octanol–water partition coefficient (Wildman–Crippen LogP) is 9.73. The normalized spacial score (nSPS) is 16.4. The average molecular weight is 567 g/mol. The zero-order valence-electron chi connectivity index (χ0n) is 23.6. The van der Waals surface area contributed by atoms with Crippen LogP contribution in [0.25, 0.3) is 0 Å². The van der Waals surface area contributed by atoms with Gasteiger partial charge in [0.1, 0.15) is 11.5 Å². The Morgan fingerprint density at radius 1 is 0.780 bits per heavy atom. The van der Waals surface area contributed by atoms with Gasteiger partial charge in [0.2, 0.25) is 0 Å². The highest BCUT2D eigenvalue weighted by Crippen LogP contribution is 2.57. The number of halogens is 1. The molecule has 2 heterocycles. The summed E-state index contributed by atoms with van der Waals surface area (Å²) < 4.78 is 12.9. The molecule has 0 aromatic heterocycles. The lowest BCUT2D eigenvalue weighted by Crippen LogP contribution is -2.33. The summed E-state index contributed by atoms with van der Waals surface area (Å²) in [6.07, 6.45) is 7.50. The highest BCUT2D eigenvalue weighted by molar-refractivity contribution is 6.33. The molecule has 6 heteroatoms. The number of unbranched alkanes of at least 4 members (excludes halogenated alkanes) is 5. The summed E-state index contributed by atoms with van der Waals surface area (Å²) in [5.74, 6) is 0.995. The number of fused-ring (bicyclic) bond motifs is 6. The number of ether oxygens (including phenoxy) is 2. The molecule has 2 aliphatic heterocycles. The SMILES string of the molecule is CCCCCCCCNc1cc2c(cc1C)C1(OC(=O)c3ccccc31)c1cc(Nc3ccccc3Cl)ccc1O2. The third-order valence-corrected chi connectivity index (χ3v) is 8.38. The van der Waals surface area contributed by atoms with Crippen LogP contribution in [0.3, 0.4) is 0 Å². The van der Waals surface area contributed by atoms with E-state index in [0.29, 0.717) is 22.1 Å². The molecule has 4 aromatic rings. The maximum Gasteiger partial charge on any atom is 0.340 e. The first-order valence-electron chi connectivity index (χ1n) is 14.6. The van der Waals surface area contributed by atoms with E-state index >= 15 is 0 Å². The fourth-order valence-electron chi connectivity index (χ4n) is 5.94. The Balaban J connectivity index is 1.38. The van der Waals surface area contributed by atoms with Crippen LogP contribution in [-0.4, -0.2) is 12.5 Å². The number of carbonyl (C=O) groups excluding carboxylic acids is 1. The average Bonchev–Trinajstić information content (AvgIpc) is 3.28. The van der Waals surface area contributed by atoms with Crippen LogP contribution in [0.2, 0.25) is 5.02 Å². The summed E-state index contributed by atoms with van der Waals surface area (Å²) in [5.41, 5.74) is 5.57. The third-order valence-electron chi connectivity index (χ3n) is 8.06. The quantitative estimate of drug-likeness (QED) is 0.148. The summed E-state index contributed by atoms with van der Waals surface area (Å²) in [7, 11) is 0. The van der Waals surface area contributed by atoms with Crippen molar-refractivity contribution in [1.29, 1.82) is 0 Å². The van der Waals surface area contributed by atoms with Crippen LogP contribution in [0.4, 0.5) is 17.1 Å². The summed E-state index contributed by atoms with van der Waals surface area (Å²) in [4.78, 5) is 13.3. The molecule has 6 rings (SSSR count). The van der Waals surface area contributed by atoms with Gasteiger partial charge in [0, 0.05) is 40.7 Å². The van der Waals surface area contributed by atoms with Gasteiger partial charge in [0.15, 0.2) is 5.60 Å². The van der Waals surface area contributed by atoms with Gasteiger partial charge in [-0.05, 0) is 61.4 Å². The molecule has 0 radical (unpaired) electrons. The Morgan fingerprint density at radius 2 is 1.54 bits per heavy atom. The molecule has 0 saturated carbocycles. The Bertz CT molecular complexity index is 1600. The molecule has 1 unspecified atom stereocenters. The molecule has 0 fully saturated rings. The topological polar surface area (TPSA) is 59.6 Å². The van der Waals surface area contributed by atoms with Crippen molar-refractivity contribution in [3.8, 4) is 11.5 Å². The van der Waals surface area contributed by atoms with E-state index in [1.807, 2.05) is 66.7 Å². The van der Waals surface area contributed by atoms with Gasteiger partial charge in [0.25, 0.3) is 0 Å². The van der Waals surface area contributed by atoms with Crippen LogP contribution < -0.4 is 15.4 Å².